The van der Waals surface area contributed by atoms with Crippen LogP contribution in [0.2, 0.25) is 10.0 Å². The number of likely N-dealkylation sites (tertiary alicyclic amines) is 2. The number of hydrogen-bond acceptors (Lipinski definition) is 6. The largest absolute Gasteiger partial charge is 0.493 e. The van der Waals surface area contributed by atoms with Crippen molar-refractivity contribution in [1.82, 2.24) is 9.80 Å². The van der Waals surface area contributed by atoms with Crippen molar-refractivity contribution in [1.29, 1.82) is 0 Å². The Hall–Kier alpha value is -2.19. The number of ether oxygens (including phenoxy) is 3. The van der Waals surface area contributed by atoms with E-state index in [0.717, 1.165) is 51.1 Å². The number of benzene rings is 2. The van der Waals surface area contributed by atoms with Crippen LogP contribution in [0.5, 0.6) is 17.2 Å². The Bertz CT molecular complexity index is 1040. The molecule has 2 aromatic carbocycles. The number of hydrogen-bond donors (Lipinski definition) is 1. The molecule has 0 aromatic heterocycles. The first kappa shape index (κ1) is 26.9. The van der Waals surface area contributed by atoms with Gasteiger partial charge < -0.3 is 24.2 Å². The molecule has 9 heteroatoms. The summed E-state index contributed by atoms with van der Waals surface area (Å²) < 4.78 is 17.3. The molecule has 0 aliphatic carbocycles. The predicted octanol–water partition coefficient (Wildman–Crippen LogP) is 4.80. The minimum atomic E-state index is -0.881. The highest BCUT2D eigenvalue weighted by Crippen LogP contribution is 2.31. The second-order valence-electron chi connectivity index (χ2n) is 9.54. The van der Waals surface area contributed by atoms with Gasteiger partial charge in [-0.3, -0.25) is 9.69 Å². The van der Waals surface area contributed by atoms with Crippen LogP contribution in [-0.2, 0) is 11.3 Å². The highest BCUT2D eigenvalue weighted by molar-refractivity contribution is 6.42. The summed E-state index contributed by atoms with van der Waals surface area (Å²) in [6.07, 6.45) is 3.63. The lowest BCUT2D eigenvalue weighted by atomic mass is 9.92. The number of methoxy groups -OCH3 is 1. The van der Waals surface area contributed by atoms with Gasteiger partial charge in [0, 0.05) is 45.2 Å². The molecular weight excluding hydrogens is 503 g/mol. The number of amides is 1. The van der Waals surface area contributed by atoms with Crippen LogP contribution in [0.1, 0.15) is 37.7 Å². The molecule has 0 radical (unpaired) electrons. The summed E-state index contributed by atoms with van der Waals surface area (Å²) in [6, 6.07) is 11.1. The zero-order valence-corrected chi connectivity index (χ0v) is 22.2. The molecule has 196 valence electrons. The zero-order valence-electron chi connectivity index (χ0n) is 20.7. The van der Waals surface area contributed by atoms with Gasteiger partial charge in [0.1, 0.15) is 18.0 Å². The summed E-state index contributed by atoms with van der Waals surface area (Å²) >= 11 is 12.0. The molecule has 0 atom stereocenters. The van der Waals surface area contributed by atoms with E-state index >= 15 is 0 Å². The van der Waals surface area contributed by atoms with Gasteiger partial charge in [0.2, 0.25) is 5.91 Å². The first-order chi connectivity index (χ1) is 17.3. The average molecular weight is 537 g/mol. The van der Waals surface area contributed by atoms with Crippen molar-refractivity contribution in [3.63, 3.8) is 0 Å². The Kier molecular flexibility index (Phi) is 9.23. The molecular formula is C27H34Cl2N2O5. The lowest BCUT2D eigenvalue weighted by Gasteiger charge is -2.38. The van der Waals surface area contributed by atoms with E-state index in [4.69, 9.17) is 37.4 Å². The molecule has 1 N–H and O–H groups in total. The Morgan fingerprint density at radius 2 is 1.81 bits per heavy atom. The van der Waals surface area contributed by atoms with Gasteiger partial charge in [-0.1, -0.05) is 29.3 Å². The molecule has 0 saturated carbocycles. The number of nitrogens with zero attached hydrogens (tertiary/aromatic N) is 2. The molecule has 2 aromatic rings. The van der Waals surface area contributed by atoms with E-state index in [9.17, 15) is 9.90 Å². The van der Waals surface area contributed by atoms with Gasteiger partial charge in [-0.25, -0.2) is 0 Å². The first-order valence-electron chi connectivity index (χ1n) is 12.5. The molecule has 2 saturated heterocycles. The molecule has 2 aliphatic rings. The van der Waals surface area contributed by atoms with Crippen molar-refractivity contribution in [3.05, 3.63) is 52.0 Å². The zero-order chi connectivity index (χ0) is 25.5. The van der Waals surface area contributed by atoms with E-state index in [0.29, 0.717) is 53.2 Å². The van der Waals surface area contributed by atoms with Crippen LogP contribution in [0.3, 0.4) is 0 Å². The number of carbonyl (C=O) groups excluding carboxylic acids is 1. The van der Waals surface area contributed by atoms with E-state index in [1.807, 2.05) is 23.1 Å². The molecule has 0 unspecified atom stereocenters. The van der Waals surface area contributed by atoms with Crippen molar-refractivity contribution >= 4 is 29.1 Å². The summed E-state index contributed by atoms with van der Waals surface area (Å²) in [7, 11) is 1.64. The van der Waals surface area contributed by atoms with Gasteiger partial charge in [-0.05, 0) is 55.5 Å². The molecule has 36 heavy (non-hydrogen) atoms. The third-order valence-corrected chi connectivity index (χ3v) is 7.56. The monoisotopic (exact) mass is 536 g/mol. The highest BCUT2D eigenvalue weighted by Gasteiger charge is 2.33. The summed E-state index contributed by atoms with van der Waals surface area (Å²) in [5, 5.41) is 11.9. The molecule has 2 fully saturated rings. The third kappa shape index (κ3) is 7.19. The SMILES string of the molecule is COc1ccc(CN2CCC(O)(COc3ccc(Cl)c(Cl)c3)CC2)cc1OCCCN1CCCC1=O. The van der Waals surface area contributed by atoms with Crippen molar-refractivity contribution in [2.24, 2.45) is 0 Å². The average Bonchev–Trinajstić information content (AvgIpc) is 3.29. The molecule has 2 heterocycles. The van der Waals surface area contributed by atoms with Crippen LogP contribution in [0.25, 0.3) is 0 Å². The van der Waals surface area contributed by atoms with Gasteiger partial charge in [-0.2, -0.15) is 0 Å². The van der Waals surface area contributed by atoms with Gasteiger partial charge in [0.15, 0.2) is 11.5 Å². The molecule has 0 spiro atoms. The minimum absolute atomic E-state index is 0.211. The van der Waals surface area contributed by atoms with Crippen molar-refractivity contribution < 1.29 is 24.1 Å². The van der Waals surface area contributed by atoms with Crippen LogP contribution in [0.4, 0.5) is 0 Å². The van der Waals surface area contributed by atoms with Gasteiger partial charge in [-0.15, -0.1) is 0 Å². The summed E-state index contributed by atoms with van der Waals surface area (Å²) in [4.78, 5) is 16.0. The Morgan fingerprint density at radius 1 is 1.00 bits per heavy atom. The maximum absolute atomic E-state index is 11.8. The van der Waals surface area contributed by atoms with E-state index in [1.165, 1.54) is 0 Å². The fourth-order valence-corrected chi connectivity index (χ4v) is 4.91. The van der Waals surface area contributed by atoms with Crippen molar-refractivity contribution in [2.45, 2.75) is 44.2 Å². The number of rotatable bonds is 11. The summed E-state index contributed by atoms with van der Waals surface area (Å²) in [6.45, 7) is 4.59. The quantitative estimate of drug-likeness (QED) is 0.416. The Labute approximate surface area is 222 Å². The van der Waals surface area contributed by atoms with Crippen molar-refractivity contribution in [3.8, 4) is 17.2 Å². The second kappa shape index (κ2) is 12.4. The van der Waals surface area contributed by atoms with E-state index < -0.39 is 5.60 Å². The second-order valence-corrected chi connectivity index (χ2v) is 10.4. The van der Waals surface area contributed by atoms with Gasteiger partial charge in [0.25, 0.3) is 0 Å². The van der Waals surface area contributed by atoms with E-state index in [2.05, 4.69) is 4.90 Å². The molecule has 4 rings (SSSR count). The molecule has 2 aliphatic heterocycles. The third-order valence-electron chi connectivity index (χ3n) is 6.82. The number of halogens is 2. The highest BCUT2D eigenvalue weighted by atomic mass is 35.5. The lowest BCUT2D eigenvalue weighted by molar-refractivity contribution is -0.127. The maximum Gasteiger partial charge on any atom is 0.222 e. The normalized spacial score (nSPS) is 17.9. The fourth-order valence-electron chi connectivity index (χ4n) is 4.62. The first-order valence-corrected chi connectivity index (χ1v) is 13.2. The maximum atomic E-state index is 11.8. The predicted molar refractivity (Wildman–Crippen MR) is 140 cm³/mol. The van der Waals surface area contributed by atoms with E-state index in [1.54, 1.807) is 25.3 Å². The molecule has 1 amide bonds. The Morgan fingerprint density at radius 3 is 2.50 bits per heavy atom. The minimum Gasteiger partial charge on any atom is -0.493 e. The van der Waals surface area contributed by atoms with E-state index in [-0.39, 0.29) is 12.5 Å². The van der Waals surface area contributed by atoms with Crippen molar-refractivity contribution in [2.75, 3.05) is 46.5 Å². The van der Waals surface area contributed by atoms with Crippen LogP contribution in [-0.4, -0.2) is 72.9 Å². The Balaban J connectivity index is 1.24. The summed E-state index contributed by atoms with van der Waals surface area (Å²) in [5.41, 5.74) is 0.242. The van der Waals surface area contributed by atoms with Crippen LogP contribution in [0, 0.1) is 0 Å². The van der Waals surface area contributed by atoms with Gasteiger partial charge in [0.05, 0.1) is 23.8 Å². The number of piperidine rings is 1. The van der Waals surface area contributed by atoms with Crippen LogP contribution in [0.15, 0.2) is 36.4 Å². The van der Waals surface area contributed by atoms with Crippen LogP contribution < -0.4 is 14.2 Å². The molecule has 0 bridgehead atoms. The van der Waals surface area contributed by atoms with Crippen LogP contribution >= 0.6 is 23.2 Å². The summed E-state index contributed by atoms with van der Waals surface area (Å²) in [5.74, 6) is 2.25. The number of aliphatic hydroxyl groups is 1. The molecule has 7 nitrogen and oxygen atoms in total. The smallest absolute Gasteiger partial charge is 0.222 e. The number of carbonyl (C=O) groups is 1. The standard InChI is InChI=1S/C27H34Cl2N2O5/c1-34-24-8-5-20(16-25(24)35-15-3-12-31-11-2-4-26(31)32)18-30-13-9-27(33,10-14-30)19-36-21-6-7-22(28)23(29)17-21/h5-8,16-17,33H,2-4,9-15,18-19H2,1H3. The lowest BCUT2D eigenvalue weighted by Crippen LogP contribution is -2.47. The van der Waals surface area contributed by atoms with Gasteiger partial charge >= 0.3 is 0 Å². The topological polar surface area (TPSA) is 71.5 Å². The fraction of sp³-hybridized carbons (Fsp3) is 0.519.